The van der Waals surface area contributed by atoms with Crippen molar-refractivity contribution in [1.29, 1.82) is 21.0 Å². The van der Waals surface area contributed by atoms with E-state index in [0.29, 0.717) is 57.6 Å². The zero-order chi connectivity index (χ0) is 80.5. The first kappa shape index (κ1) is 74.8. The number of nitriles is 4. The van der Waals surface area contributed by atoms with Gasteiger partial charge in [0.25, 0.3) is 0 Å². The van der Waals surface area contributed by atoms with Gasteiger partial charge >= 0.3 is 35.8 Å². The van der Waals surface area contributed by atoms with Crippen LogP contribution >= 0.6 is 0 Å². The summed E-state index contributed by atoms with van der Waals surface area (Å²) in [6.45, 7) is -3.50. The molecule has 24 heteroatoms. The van der Waals surface area contributed by atoms with E-state index in [0.717, 1.165) is 12.2 Å². The molecule has 5 aliphatic rings. The molecule has 0 unspecified atom stereocenters. The Morgan fingerprint density at radius 3 is 0.783 bits per heavy atom. The number of aliphatic imine (C=N–C) groups is 2. The minimum Gasteiger partial charge on any atom is -0.459 e. The summed E-state index contributed by atoms with van der Waals surface area (Å²) in [5.41, 5.74) is -18.6. The van der Waals surface area contributed by atoms with Crippen molar-refractivity contribution in [3.05, 3.63) is 365 Å². The van der Waals surface area contributed by atoms with E-state index in [-0.39, 0.29) is 33.4 Å². The second-order valence-electron chi connectivity index (χ2n) is 26.8. The number of fused-ring (bicyclic) bond motifs is 7. The second-order valence-corrected chi connectivity index (χ2v) is 26.8. The Morgan fingerprint density at radius 1 is 0.304 bits per heavy atom. The Bertz CT molecular complexity index is 5730. The molecule has 0 aliphatic heterocycles. The molecule has 115 heavy (non-hydrogen) atoms. The van der Waals surface area contributed by atoms with Crippen molar-refractivity contribution in [1.82, 2.24) is 0 Å². The van der Waals surface area contributed by atoms with Crippen molar-refractivity contribution in [3.63, 3.8) is 0 Å². The SMILES string of the molecule is N#CC(C#N)=C1C(=NC2=Cc3cc4c(cc3C2(C(=O)OCc2ccccc2)C(=O)OCc2ccccc2)-c2cc3c(cc2C4(C(=O)OCc2ccccc2)C(=O)OCc2ccccc2)C=C(N=C2C(=O)c4cc(F)c(F)cc4C2=C(C#N)C#N)C3(C(=O)OCc2ccccc2)C(=O)OCc2ccccc2)C(=O)c2cc(F)c(F)cc21. The third kappa shape index (κ3) is 12.9. The molecule has 0 fully saturated rings. The first-order chi connectivity index (χ1) is 55.8. The van der Waals surface area contributed by atoms with Crippen molar-refractivity contribution in [2.24, 2.45) is 9.98 Å². The molecule has 0 atom stereocenters. The predicted octanol–water partition coefficient (Wildman–Crippen LogP) is 14.4. The highest BCUT2D eigenvalue weighted by molar-refractivity contribution is 6.66. The molecule has 0 N–H and O–H groups in total. The Labute approximate surface area is 650 Å². The van der Waals surface area contributed by atoms with Crippen LogP contribution in [0, 0.1) is 68.6 Å². The lowest BCUT2D eigenvalue weighted by Gasteiger charge is -2.30. The summed E-state index contributed by atoms with van der Waals surface area (Å²) in [7, 11) is 0. The third-order valence-corrected chi connectivity index (χ3v) is 20.2. The second kappa shape index (κ2) is 30.7. The lowest BCUT2D eigenvalue weighted by atomic mass is 9.74. The van der Waals surface area contributed by atoms with Gasteiger partial charge in [-0.25, -0.2) is 27.5 Å². The van der Waals surface area contributed by atoms with Gasteiger partial charge < -0.3 is 28.4 Å². The van der Waals surface area contributed by atoms with Gasteiger partial charge in [0, 0.05) is 33.4 Å². The third-order valence-electron chi connectivity index (χ3n) is 20.2. The highest BCUT2D eigenvalue weighted by atomic mass is 19.2. The van der Waals surface area contributed by atoms with Gasteiger partial charge in [-0.3, -0.25) is 38.4 Å². The van der Waals surface area contributed by atoms with Crippen LogP contribution in [0.1, 0.15) is 98.6 Å². The first-order valence-electron chi connectivity index (χ1n) is 35.2. The molecule has 10 aromatic rings. The number of esters is 6. The van der Waals surface area contributed by atoms with Gasteiger partial charge in [0.1, 0.15) is 86.5 Å². The number of allylic oxidation sites excluding steroid dienone is 4. The fourth-order valence-corrected chi connectivity index (χ4v) is 14.7. The van der Waals surface area contributed by atoms with Crippen LogP contribution in [-0.2, 0) is 113 Å². The lowest BCUT2D eigenvalue weighted by molar-refractivity contribution is -0.166. The van der Waals surface area contributed by atoms with Crippen LogP contribution in [0.2, 0.25) is 0 Å². The molecule has 0 saturated carbocycles. The summed E-state index contributed by atoms with van der Waals surface area (Å²) in [4.78, 5) is 138. The quantitative estimate of drug-likeness (QED) is 0.0225. The van der Waals surface area contributed by atoms with E-state index in [1.54, 1.807) is 206 Å². The molecule has 0 spiro atoms. The molecule has 10 aromatic carbocycles. The highest BCUT2D eigenvalue weighted by Gasteiger charge is 2.65. The number of ether oxygens (including phenoxy) is 6. The largest absolute Gasteiger partial charge is 0.459 e. The maximum Gasteiger partial charge on any atom is 0.334 e. The summed E-state index contributed by atoms with van der Waals surface area (Å²) < 4.78 is 99.3. The number of ketones is 2. The summed E-state index contributed by atoms with van der Waals surface area (Å²) in [5.74, 6) is -17.3. The van der Waals surface area contributed by atoms with Gasteiger partial charge in [-0.15, -0.1) is 0 Å². The molecular formula is C91H52F4N6O14. The van der Waals surface area contributed by atoms with Crippen LogP contribution in [0.15, 0.2) is 263 Å². The van der Waals surface area contributed by atoms with E-state index in [9.17, 15) is 21.0 Å². The van der Waals surface area contributed by atoms with E-state index in [1.807, 2.05) is 0 Å². The molecule has 558 valence electrons. The predicted molar refractivity (Wildman–Crippen MR) is 402 cm³/mol. The van der Waals surface area contributed by atoms with Gasteiger partial charge in [-0.1, -0.05) is 182 Å². The summed E-state index contributed by atoms with van der Waals surface area (Å²) in [6.07, 6.45) is 2.18. The Kier molecular flexibility index (Phi) is 19.9. The number of carbonyl (C=O) groups is 8. The van der Waals surface area contributed by atoms with E-state index < -0.39 is 205 Å². The van der Waals surface area contributed by atoms with E-state index in [1.165, 1.54) is 24.3 Å². The number of carbonyl (C=O) groups excluding carboxylic acids is 8. The van der Waals surface area contributed by atoms with Crippen molar-refractivity contribution in [2.45, 2.75) is 55.9 Å². The topological polar surface area (TPSA) is 312 Å². The fourth-order valence-electron chi connectivity index (χ4n) is 14.7. The fraction of sp³-hybridized carbons (Fsp3) is 0.0989. The molecule has 15 rings (SSSR count). The molecule has 0 amide bonds. The number of hydrogen-bond acceptors (Lipinski definition) is 20. The summed E-state index contributed by atoms with van der Waals surface area (Å²) in [6, 6.07) is 62.3. The van der Waals surface area contributed by atoms with Crippen molar-refractivity contribution < 1.29 is 84.3 Å². The molecule has 0 bridgehead atoms. The summed E-state index contributed by atoms with van der Waals surface area (Å²) in [5, 5.41) is 42.3. The zero-order valence-corrected chi connectivity index (χ0v) is 59.7. The van der Waals surface area contributed by atoms with Crippen LogP contribution in [0.4, 0.5) is 17.6 Å². The smallest absolute Gasteiger partial charge is 0.334 e. The average molecular weight is 1530 g/mol. The molecule has 5 aliphatic carbocycles. The van der Waals surface area contributed by atoms with E-state index in [2.05, 4.69) is 0 Å². The molecular weight excluding hydrogens is 1480 g/mol. The van der Waals surface area contributed by atoms with Crippen LogP contribution in [0.3, 0.4) is 0 Å². The molecule has 0 heterocycles. The highest BCUT2D eigenvalue weighted by Crippen LogP contribution is 2.59. The van der Waals surface area contributed by atoms with Crippen molar-refractivity contribution in [2.75, 3.05) is 0 Å². The van der Waals surface area contributed by atoms with Crippen LogP contribution in [-0.4, -0.2) is 58.8 Å². The van der Waals surface area contributed by atoms with Gasteiger partial charge in [0.2, 0.25) is 27.8 Å². The maximum absolute atomic E-state index is 16.6. The lowest BCUT2D eigenvalue weighted by Crippen LogP contribution is -2.47. The zero-order valence-electron chi connectivity index (χ0n) is 59.7. The van der Waals surface area contributed by atoms with Crippen LogP contribution < -0.4 is 0 Å². The first-order valence-corrected chi connectivity index (χ1v) is 35.2. The number of nitrogens with zero attached hydrogens (tertiary/aromatic N) is 6. The number of Topliss-reactive ketones (excluding diaryl/α,β-unsaturated/α-hetero) is 2. The minimum atomic E-state index is -3.17. The Hall–Kier alpha value is -15.7. The van der Waals surface area contributed by atoms with Crippen LogP contribution in [0.5, 0.6) is 0 Å². The number of hydrogen-bond donors (Lipinski definition) is 0. The monoisotopic (exact) mass is 1530 g/mol. The van der Waals surface area contributed by atoms with Gasteiger partial charge in [0.15, 0.2) is 23.3 Å². The average Bonchev–Trinajstić information content (AvgIpc) is 1.51. The Balaban J connectivity index is 1.05. The number of halogens is 4. The molecule has 0 radical (unpaired) electrons. The van der Waals surface area contributed by atoms with Gasteiger partial charge in [0.05, 0.1) is 11.4 Å². The van der Waals surface area contributed by atoms with E-state index in [4.69, 9.17) is 38.4 Å². The van der Waals surface area contributed by atoms with Crippen LogP contribution in [0.25, 0.3) is 34.4 Å². The minimum absolute atomic E-state index is 0.282. The number of rotatable bonds is 20. The van der Waals surface area contributed by atoms with Gasteiger partial charge in [-0.05, 0) is 139 Å². The van der Waals surface area contributed by atoms with Crippen molar-refractivity contribution in [3.8, 4) is 35.4 Å². The Morgan fingerprint density at radius 2 is 0.539 bits per heavy atom. The van der Waals surface area contributed by atoms with E-state index >= 15 is 55.9 Å². The summed E-state index contributed by atoms with van der Waals surface area (Å²) >= 11 is 0. The maximum atomic E-state index is 16.6. The molecule has 20 nitrogen and oxygen atoms in total. The normalized spacial score (nSPS) is 15.0. The molecule has 0 saturated heterocycles. The van der Waals surface area contributed by atoms with Gasteiger partial charge in [-0.2, -0.15) is 21.0 Å². The van der Waals surface area contributed by atoms with Crippen molar-refractivity contribution >= 4 is 82.1 Å². The molecule has 0 aromatic heterocycles. The number of benzene rings is 10. The standard InChI is InChI=1S/C91H52F4N6O14/c92-71-37-63-65(39-73(71)94)81(102)79(77(63)59(41-96)42-97)100-75-33-57-31-69-61(35-67(57)90(75,85(106)112-47-53-23-11-3-12-24-53)86(107)113-48-54-25-13-4-14-26-54)62-36-68-58(32-70(62)89(69,83(104)110-45-51-19-7-1-8-20-51)84(105)111-46-52-21-9-2-10-22-52)34-76(101-80-78(60(43-98)44-99)64-38-72(93)74(95)40-66(64)82(80)103)91(68,87(108)114-49-55-27-15-5-16-28-55)88(109)115-50-56-29-17-6-18-30-56/h1-40H,45-50H2.